The summed E-state index contributed by atoms with van der Waals surface area (Å²) in [5.74, 6) is -2.58. The molecular weight excluding hydrogens is 1660 g/mol. The van der Waals surface area contributed by atoms with Gasteiger partial charge in [0.2, 0.25) is 29.5 Å². The molecule has 680 valence electrons. The van der Waals surface area contributed by atoms with Gasteiger partial charge in [-0.05, 0) is 190 Å². The van der Waals surface area contributed by atoms with Crippen molar-refractivity contribution in [3.05, 3.63) is 199 Å². The summed E-state index contributed by atoms with van der Waals surface area (Å²) in [5, 5.41) is 48.2. The van der Waals surface area contributed by atoms with Crippen molar-refractivity contribution < 1.29 is 101 Å². The molecule has 35 nitrogen and oxygen atoms in total. The van der Waals surface area contributed by atoms with Crippen molar-refractivity contribution in [2.75, 3.05) is 103 Å². The molecule has 0 radical (unpaired) electrons. The molecule has 16 rings (SSSR count). The second-order valence-corrected chi connectivity index (χ2v) is 32.6. The van der Waals surface area contributed by atoms with Gasteiger partial charge in [0.05, 0.1) is 131 Å². The number of aliphatic hydroxyl groups excluding tert-OH is 2. The summed E-state index contributed by atoms with van der Waals surface area (Å²) < 4.78 is 38.0. The number of rotatable bonds is 39. The highest BCUT2D eigenvalue weighted by Gasteiger charge is 2.48. The molecule has 0 bridgehead atoms. The zero-order valence-corrected chi connectivity index (χ0v) is 72.2. The molecule has 0 saturated carbocycles. The molecule has 2 fully saturated rings. The van der Waals surface area contributed by atoms with Crippen LogP contribution in [0.5, 0.6) is 11.5 Å². The molecule has 0 spiro atoms. The molecule has 35 heteroatoms. The SMILES string of the molecule is Cc1c(CO)cc(C(=O)N[C@@H]2CCc3ccc(-c4cn5c(n4)CCC5)cc32)cc1OCCCN.Cc1c(CO)cc(C(=O)N[C@@H]2CCc3ccc(-c4cn5c(n4)CCC5)cc32)cc1OCCCNC(=O)CCOCCOCCNc1cccc2c1C(=O)N(C1CCC(=O)NC1=O)C2=O.O=C(O)CCOCCOCCNc1cccc2c1C(=O)N(C1CCC(=O)NC1=O)C2=O. The monoisotopic (exact) mass is 1770 g/mol. The molecule has 2 unspecified atom stereocenters. The number of hydrogen-bond donors (Lipinski definition) is 11. The first kappa shape index (κ1) is 92.3. The average molecular weight is 1770 g/mol. The standard InChI is InChI=1S/C47H53N7O10.C27H32N4O3.C20H23N3O8/c1-28-32(27-55)23-31(44(58)51-35-11-10-29-8-9-30(24-34(29)35)37-26-53-17-3-7-40(53)50-37)25-39(28)64-18-4-15-49-41(56)14-19-62-21-22-63-20-16-48-36-6-2-5-33-43(36)47(61)54(46(33)60)38-12-13-42(57)52-45(38)59;1-17-21(16-32)12-20(14-25(17)34-11-3-9-28)27(33)30-23-8-7-18-5-6-19(13-22(18)23)24-15-31-10-2-4-26(31)29-24;24-15-5-4-14(18(27)22-15)23-19(28)12-2-1-3-13(17(12)20(23)29)21-7-9-31-11-10-30-8-6-16(25)26/h2,5-6,8-9,23-26,35,38,48,55H,3-4,7,10-22,27H2,1H3,(H,49,56)(H,51,58)(H,52,57,59);5-6,12-15,23,32H,2-4,7-11,16,28H2,1H3,(H,30,33);1-3,14,21H,4-11H2,(H,25,26)(H,22,24,27)/t35-,38?;23-;/m11./s1. The smallest absolute Gasteiger partial charge is 0.305 e. The Kier molecular flexibility index (Phi) is 31.0. The zero-order valence-electron chi connectivity index (χ0n) is 72.2. The second-order valence-electron chi connectivity index (χ2n) is 32.6. The lowest BCUT2D eigenvalue weighted by atomic mass is 10.0. The number of carboxylic acid groups (broad SMARTS) is 1. The van der Waals surface area contributed by atoms with Gasteiger partial charge in [-0.2, -0.15) is 0 Å². The van der Waals surface area contributed by atoms with E-state index in [1.807, 2.05) is 13.8 Å². The van der Waals surface area contributed by atoms with Gasteiger partial charge in [0, 0.05) is 111 Å². The molecule has 2 saturated heterocycles. The first-order valence-corrected chi connectivity index (χ1v) is 44.0. The van der Waals surface area contributed by atoms with Crippen molar-refractivity contribution in [1.82, 2.24) is 55.5 Å². The Hall–Kier alpha value is -12.9. The van der Waals surface area contributed by atoms with Crippen LogP contribution in [0.1, 0.15) is 207 Å². The van der Waals surface area contributed by atoms with Gasteiger partial charge < -0.3 is 85.2 Å². The summed E-state index contributed by atoms with van der Waals surface area (Å²) in [6.07, 6.45) is 13.7. The minimum absolute atomic E-state index is 0.0451. The summed E-state index contributed by atoms with van der Waals surface area (Å²) in [6.45, 7) is 9.74. The summed E-state index contributed by atoms with van der Waals surface area (Å²) in [5.41, 5.74) is 19.9. The topological polar surface area (TPSA) is 473 Å². The molecule has 2 aromatic heterocycles. The Bertz CT molecular complexity index is 5540. The van der Waals surface area contributed by atoms with Gasteiger partial charge in [-0.3, -0.25) is 78.0 Å². The number of aliphatic hydroxyl groups is 2. The molecule has 2 aliphatic carbocycles. The summed E-state index contributed by atoms with van der Waals surface area (Å²) >= 11 is 0. The second kappa shape index (κ2) is 43.3. The molecule has 8 aromatic rings. The van der Waals surface area contributed by atoms with Gasteiger partial charge in [0.1, 0.15) is 35.2 Å². The number of hydrogen-bond acceptors (Lipinski definition) is 25. The number of nitrogens with zero attached hydrogens (tertiary/aromatic N) is 6. The van der Waals surface area contributed by atoms with E-state index in [1.165, 1.54) is 23.3 Å². The van der Waals surface area contributed by atoms with Crippen LogP contribution in [-0.2, 0) is 99.7 Å². The number of aliphatic carboxylic acids is 1. The van der Waals surface area contributed by atoms with Crippen LogP contribution < -0.4 is 52.4 Å². The van der Waals surface area contributed by atoms with Gasteiger partial charge in [-0.1, -0.05) is 36.4 Å². The number of carbonyl (C=O) groups is 12. The van der Waals surface area contributed by atoms with E-state index in [4.69, 9.17) is 49.2 Å². The van der Waals surface area contributed by atoms with E-state index in [0.29, 0.717) is 90.9 Å². The molecule has 11 amide bonds. The van der Waals surface area contributed by atoms with Gasteiger partial charge in [0.25, 0.3) is 35.4 Å². The van der Waals surface area contributed by atoms with Gasteiger partial charge in [-0.15, -0.1) is 0 Å². The molecule has 12 N–H and O–H groups in total. The third kappa shape index (κ3) is 22.1. The fraction of sp³-hybridized carbons (Fsp3) is 0.426. The van der Waals surface area contributed by atoms with E-state index in [0.717, 1.165) is 137 Å². The number of ether oxygens (including phenoxy) is 6. The zero-order chi connectivity index (χ0) is 90.8. The van der Waals surface area contributed by atoms with Gasteiger partial charge >= 0.3 is 5.97 Å². The van der Waals surface area contributed by atoms with E-state index < -0.39 is 65.3 Å². The normalized spacial score (nSPS) is 17.4. The lowest BCUT2D eigenvalue weighted by molar-refractivity contribution is -0.139. The average Bonchev–Trinajstić information content (AvgIpc) is 1.60. The Labute approximate surface area is 744 Å². The predicted octanol–water partition coefficient (Wildman–Crippen LogP) is 6.99. The Morgan fingerprint density at radius 3 is 1.38 bits per heavy atom. The highest BCUT2D eigenvalue weighted by Crippen LogP contribution is 2.40. The number of amides is 11. The number of fused-ring (bicyclic) bond motifs is 6. The van der Waals surface area contributed by atoms with Crippen LogP contribution in [0.2, 0.25) is 0 Å². The molecule has 6 aromatic carbocycles. The van der Waals surface area contributed by atoms with Crippen LogP contribution in [0, 0.1) is 13.8 Å². The van der Waals surface area contributed by atoms with Gasteiger partial charge in [0.15, 0.2) is 0 Å². The fourth-order valence-corrected chi connectivity index (χ4v) is 17.1. The van der Waals surface area contributed by atoms with Crippen molar-refractivity contribution in [3.8, 4) is 34.0 Å². The number of carbonyl (C=O) groups excluding carboxylic acids is 11. The lowest BCUT2D eigenvalue weighted by Gasteiger charge is -2.27. The molecule has 129 heavy (non-hydrogen) atoms. The fourth-order valence-electron chi connectivity index (χ4n) is 17.1. The number of imidazole rings is 2. The quantitative estimate of drug-likeness (QED) is 0.0137. The summed E-state index contributed by atoms with van der Waals surface area (Å²) in [7, 11) is 0. The van der Waals surface area contributed by atoms with Crippen LogP contribution in [0.25, 0.3) is 22.5 Å². The number of nitrogens with one attached hydrogen (secondary N) is 7. The number of anilines is 2. The van der Waals surface area contributed by atoms with Crippen LogP contribution in [-0.4, -0.2) is 220 Å². The number of aryl methyl sites for hydroxylation is 6. The van der Waals surface area contributed by atoms with Crippen LogP contribution in [0.15, 0.2) is 109 Å². The van der Waals surface area contributed by atoms with Crippen molar-refractivity contribution in [3.63, 3.8) is 0 Å². The maximum absolute atomic E-state index is 13.6. The van der Waals surface area contributed by atoms with Crippen molar-refractivity contribution in [2.24, 2.45) is 5.73 Å². The van der Waals surface area contributed by atoms with Crippen molar-refractivity contribution in [2.45, 2.75) is 167 Å². The van der Waals surface area contributed by atoms with E-state index >= 15 is 0 Å². The van der Waals surface area contributed by atoms with Crippen molar-refractivity contribution >= 4 is 82.3 Å². The number of aromatic nitrogens is 4. The van der Waals surface area contributed by atoms with E-state index in [1.54, 1.807) is 48.5 Å². The molecular formula is C94H108N14O21. The number of imide groups is 4. The third-order valence-corrected chi connectivity index (χ3v) is 24.0. The third-order valence-electron chi connectivity index (χ3n) is 24.0. The first-order chi connectivity index (χ1) is 62.6. The number of benzene rings is 6. The molecule has 4 atom stereocenters. The summed E-state index contributed by atoms with van der Waals surface area (Å²) in [6, 6.07) is 27.2. The molecule has 8 aliphatic rings. The van der Waals surface area contributed by atoms with E-state index in [-0.39, 0.29) is 157 Å². The largest absolute Gasteiger partial charge is 0.493 e. The van der Waals surface area contributed by atoms with Gasteiger partial charge in [-0.25, -0.2) is 9.97 Å². The highest BCUT2D eigenvalue weighted by atomic mass is 16.5. The van der Waals surface area contributed by atoms with E-state index in [2.05, 4.69) is 95.1 Å². The maximum atomic E-state index is 13.6. The Balaban J connectivity index is 0.000000173. The number of carboxylic acids is 1. The molecule has 6 aliphatic heterocycles. The van der Waals surface area contributed by atoms with Crippen molar-refractivity contribution in [1.29, 1.82) is 0 Å². The number of piperidine rings is 2. The minimum Gasteiger partial charge on any atom is -0.493 e. The van der Waals surface area contributed by atoms with Crippen LogP contribution >= 0.6 is 0 Å². The highest BCUT2D eigenvalue weighted by molar-refractivity contribution is 6.26. The minimum atomic E-state index is -1.04. The Morgan fingerprint density at radius 1 is 0.496 bits per heavy atom. The van der Waals surface area contributed by atoms with Crippen LogP contribution in [0.4, 0.5) is 11.4 Å². The first-order valence-electron chi connectivity index (χ1n) is 44.0. The van der Waals surface area contributed by atoms with Crippen LogP contribution in [0.3, 0.4) is 0 Å². The number of nitrogens with two attached hydrogens (primary N) is 1. The molecule has 8 heterocycles. The summed E-state index contributed by atoms with van der Waals surface area (Å²) in [4.78, 5) is 161. The predicted molar refractivity (Wildman–Crippen MR) is 469 cm³/mol. The Morgan fingerprint density at radius 2 is 0.946 bits per heavy atom. The maximum Gasteiger partial charge on any atom is 0.305 e. The van der Waals surface area contributed by atoms with E-state index in [9.17, 15) is 67.7 Å². The lowest BCUT2D eigenvalue weighted by Crippen LogP contribution is -2.54.